The van der Waals surface area contributed by atoms with Crippen molar-refractivity contribution in [1.82, 2.24) is 4.90 Å². The molecule has 0 aromatic carbocycles. The van der Waals surface area contributed by atoms with Crippen molar-refractivity contribution in [3.63, 3.8) is 0 Å². The number of ketones is 1. The van der Waals surface area contributed by atoms with E-state index in [2.05, 4.69) is 0 Å². The molecule has 0 bridgehead atoms. The molecule has 0 aliphatic carbocycles. The summed E-state index contributed by atoms with van der Waals surface area (Å²) in [5.74, 6) is -1.46. The second-order valence-electron chi connectivity index (χ2n) is 3.99. The summed E-state index contributed by atoms with van der Waals surface area (Å²) in [7, 11) is 0. The Morgan fingerprint density at radius 2 is 1.88 bits per heavy atom. The summed E-state index contributed by atoms with van der Waals surface area (Å²) in [6.07, 6.45) is 1.00. The van der Waals surface area contributed by atoms with Crippen molar-refractivity contribution in [3.05, 3.63) is 11.8 Å². The quantitative estimate of drug-likeness (QED) is 0.563. The fourth-order valence-corrected chi connectivity index (χ4v) is 1.29. The molecule has 1 heterocycles. The number of ether oxygens (including phenoxy) is 1. The highest BCUT2D eigenvalue weighted by Gasteiger charge is 2.21. The van der Waals surface area contributed by atoms with Crippen LogP contribution < -0.4 is 0 Å². The highest BCUT2D eigenvalue weighted by atomic mass is 16.5. The van der Waals surface area contributed by atoms with Crippen LogP contribution in [-0.4, -0.2) is 48.0 Å². The van der Waals surface area contributed by atoms with Gasteiger partial charge in [0.15, 0.2) is 11.5 Å². The number of hydrogen-bond acceptors (Lipinski definition) is 4. The molecule has 1 N–H and O–H groups in total. The van der Waals surface area contributed by atoms with E-state index in [1.165, 1.54) is 4.90 Å². The zero-order valence-electron chi connectivity index (χ0n) is 9.60. The van der Waals surface area contributed by atoms with Gasteiger partial charge in [0.1, 0.15) is 0 Å². The van der Waals surface area contributed by atoms with Gasteiger partial charge in [-0.15, -0.1) is 0 Å². The van der Waals surface area contributed by atoms with Gasteiger partial charge in [-0.2, -0.15) is 0 Å². The highest BCUT2D eigenvalue weighted by molar-refractivity contribution is 6.00. The Morgan fingerprint density at radius 1 is 1.31 bits per heavy atom. The second kappa shape index (κ2) is 5.65. The molecule has 0 aromatic rings. The Morgan fingerprint density at radius 3 is 2.38 bits per heavy atom. The average Bonchev–Trinajstić information content (AvgIpc) is 2.28. The zero-order chi connectivity index (χ0) is 12.1. The SMILES string of the molecule is CC(C)C(=O)/C=C(\O)C(=O)N1CCOCC1. The molecule has 1 rings (SSSR count). The van der Waals surface area contributed by atoms with E-state index in [-0.39, 0.29) is 11.7 Å². The maximum atomic E-state index is 11.7. The third-order valence-electron chi connectivity index (χ3n) is 2.37. The van der Waals surface area contributed by atoms with Gasteiger partial charge >= 0.3 is 0 Å². The number of hydrogen-bond donors (Lipinski definition) is 1. The van der Waals surface area contributed by atoms with E-state index in [4.69, 9.17) is 4.74 Å². The van der Waals surface area contributed by atoms with Gasteiger partial charge in [-0.05, 0) is 0 Å². The molecule has 5 nitrogen and oxygen atoms in total. The first-order valence-corrected chi connectivity index (χ1v) is 5.34. The summed E-state index contributed by atoms with van der Waals surface area (Å²) in [5.41, 5.74) is 0. The lowest BCUT2D eigenvalue weighted by Crippen LogP contribution is -2.41. The van der Waals surface area contributed by atoms with E-state index < -0.39 is 11.7 Å². The number of aliphatic hydroxyl groups is 1. The van der Waals surface area contributed by atoms with Gasteiger partial charge in [0.2, 0.25) is 0 Å². The zero-order valence-corrected chi connectivity index (χ0v) is 9.60. The highest BCUT2D eigenvalue weighted by Crippen LogP contribution is 2.05. The molecule has 1 amide bonds. The molecule has 16 heavy (non-hydrogen) atoms. The predicted molar refractivity (Wildman–Crippen MR) is 58.0 cm³/mol. The molecule has 1 saturated heterocycles. The summed E-state index contributed by atoms with van der Waals surface area (Å²) in [6, 6.07) is 0. The standard InChI is InChI=1S/C11H17NO4/c1-8(2)9(13)7-10(14)11(15)12-3-5-16-6-4-12/h7-8,14H,3-6H2,1-2H3/b10-7-. The van der Waals surface area contributed by atoms with Gasteiger partial charge in [0.25, 0.3) is 5.91 Å². The van der Waals surface area contributed by atoms with Gasteiger partial charge in [-0.1, -0.05) is 13.8 Å². The molecular formula is C11H17NO4. The van der Waals surface area contributed by atoms with Crippen LogP contribution in [0.15, 0.2) is 11.8 Å². The Bertz CT molecular complexity index is 303. The van der Waals surface area contributed by atoms with Crippen molar-refractivity contribution in [3.8, 4) is 0 Å². The third kappa shape index (κ3) is 3.34. The minimum atomic E-state index is -0.503. The van der Waals surface area contributed by atoms with Crippen LogP contribution >= 0.6 is 0 Å². The van der Waals surface area contributed by atoms with E-state index in [0.29, 0.717) is 26.3 Å². The number of nitrogens with zero attached hydrogens (tertiary/aromatic N) is 1. The lowest BCUT2D eigenvalue weighted by Gasteiger charge is -2.26. The number of morpholine rings is 1. The fraction of sp³-hybridized carbons (Fsp3) is 0.636. The fourth-order valence-electron chi connectivity index (χ4n) is 1.29. The monoisotopic (exact) mass is 227 g/mol. The first-order chi connectivity index (χ1) is 7.52. The number of carbonyl (C=O) groups is 2. The minimum Gasteiger partial charge on any atom is -0.503 e. The lowest BCUT2D eigenvalue weighted by molar-refractivity contribution is -0.134. The number of rotatable bonds is 3. The Kier molecular flexibility index (Phi) is 4.49. The van der Waals surface area contributed by atoms with E-state index >= 15 is 0 Å². The molecule has 0 spiro atoms. The Hall–Kier alpha value is -1.36. The van der Waals surface area contributed by atoms with E-state index in [1.54, 1.807) is 13.8 Å². The van der Waals surface area contributed by atoms with Crippen molar-refractivity contribution in [2.24, 2.45) is 5.92 Å². The van der Waals surface area contributed by atoms with Crippen molar-refractivity contribution in [2.75, 3.05) is 26.3 Å². The molecule has 1 fully saturated rings. The van der Waals surface area contributed by atoms with Crippen molar-refractivity contribution in [2.45, 2.75) is 13.8 Å². The van der Waals surface area contributed by atoms with Crippen LogP contribution in [0.2, 0.25) is 0 Å². The van der Waals surface area contributed by atoms with Crippen LogP contribution in [0.1, 0.15) is 13.8 Å². The van der Waals surface area contributed by atoms with Crippen LogP contribution in [0.4, 0.5) is 0 Å². The molecule has 0 aromatic heterocycles. The molecule has 1 aliphatic heterocycles. The van der Waals surface area contributed by atoms with E-state index in [9.17, 15) is 14.7 Å². The molecule has 1 aliphatic rings. The molecule has 0 radical (unpaired) electrons. The smallest absolute Gasteiger partial charge is 0.288 e. The third-order valence-corrected chi connectivity index (χ3v) is 2.37. The predicted octanol–water partition coefficient (Wildman–Crippen LogP) is 0.512. The van der Waals surface area contributed by atoms with Crippen molar-refractivity contribution < 1.29 is 19.4 Å². The second-order valence-corrected chi connectivity index (χ2v) is 3.99. The average molecular weight is 227 g/mol. The molecule has 90 valence electrons. The van der Waals surface area contributed by atoms with Gasteiger partial charge in [-0.25, -0.2) is 0 Å². The van der Waals surface area contributed by atoms with Crippen molar-refractivity contribution in [1.29, 1.82) is 0 Å². The van der Waals surface area contributed by atoms with E-state index in [0.717, 1.165) is 6.08 Å². The van der Waals surface area contributed by atoms with E-state index in [1.807, 2.05) is 0 Å². The molecular weight excluding hydrogens is 210 g/mol. The first kappa shape index (κ1) is 12.7. The van der Waals surface area contributed by atoms with Gasteiger partial charge in [-0.3, -0.25) is 9.59 Å². The van der Waals surface area contributed by atoms with Gasteiger partial charge in [0.05, 0.1) is 13.2 Å². The molecule has 0 saturated carbocycles. The molecule has 5 heteroatoms. The summed E-state index contributed by atoms with van der Waals surface area (Å²) >= 11 is 0. The first-order valence-electron chi connectivity index (χ1n) is 5.34. The van der Waals surface area contributed by atoms with Crippen LogP contribution in [0.3, 0.4) is 0 Å². The maximum absolute atomic E-state index is 11.7. The molecule has 0 unspecified atom stereocenters. The van der Waals surface area contributed by atoms with Crippen LogP contribution in [0.25, 0.3) is 0 Å². The summed E-state index contributed by atoms with van der Waals surface area (Å²) in [4.78, 5) is 24.4. The molecule has 0 atom stereocenters. The van der Waals surface area contributed by atoms with Crippen LogP contribution in [0, 0.1) is 5.92 Å². The number of aliphatic hydroxyl groups excluding tert-OH is 1. The summed E-state index contributed by atoms with van der Waals surface area (Å²) in [6.45, 7) is 5.27. The number of carbonyl (C=O) groups excluding carboxylic acids is 2. The Labute approximate surface area is 94.7 Å². The summed E-state index contributed by atoms with van der Waals surface area (Å²) in [5, 5.41) is 9.50. The minimum absolute atomic E-state index is 0.223. The topological polar surface area (TPSA) is 66.8 Å². The maximum Gasteiger partial charge on any atom is 0.288 e. The van der Waals surface area contributed by atoms with Crippen molar-refractivity contribution >= 4 is 11.7 Å². The normalized spacial score (nSPS) is 17.7. The van der Waals surface area contributed by atoms with Crippen LogP contribution in [-0.2, 0) is 14.3 Å². The lowest BCUT2D eigenvalue weighted by atomic mass is 10.1. The van der Waals surface area contributed by atoms with Gasteiger partial charge in [0, 0.05) is 25.1 Å². The number of allylic oxidation sites excluding steroid dienone is 1. The number of amides is 1. The van der Waals surface area contributed by atoms with Crippen LogP contribution in [0.5, 0.6) is 0 Å². The largest absolute Gasteiger partial charge is 0.503 e. The Balaban J connectivity index is 2.61. The van der Waals surface area contributed by atoms with Gasteiger partial charge < -0.3 is 14.7 Å². The summed E-state index contributed by atoms with van der Waals surface area (Å²) < 4.78 is 5.09.